The number of rotatable bonds is 4. The number of hydrogen-bond donors (Lipinski definition) is 2. The van der Waals surface area contributed by atoms with Gasteiger partial charge < -0.3 is 11.1 Å². The fraction of sp³-hybridized carbons (Fsp3) is 0.500. The highest BCUT2D eigenvalue weighted by Crippen LogP contribution is 2.31. The van der Waals surface area contributed by atoms with Crippen LogP contribution in [0.25, 0.3) is 0 Å². The van der Waals surface area contributed by atoms with Crippen LogP contribution < -0.4 is 11.1 Å². The van der Waals surface area contributed by atoms with Gasteiger partial charge >= 0.3 is 0 Å². The summed E-state index contributed by atoms with van der Waals surface area (Å²) in [5.41, 5.74) is 4.84. The standard InChI is InChI=1S/C16H20N4O2/c1-16(10-17,11-5-4-8-19-9-11)20-15(22)13-7-3-2-6-12(13)14(18)21/h4-5,8-9,12-13H,2-3,6-7H2,1H3,(H2,18,21)(H,20,22)/t12-,13+,16?/m0/s1. The quantitative estimate of drug-likeness (QED) is 0.871. The lowest BCUT2D eigenvalue weighted by atomic mass is 9.77. The molecule has 0 radical (unpaired) electrons. The third-order valence-electron chi connectivity index (χ3n) is 4.30. The number of aromatic nitrogens is 1. The molecule has 1 heterocycles. The van der Waals surface area contributed by atoms with Crippen LogP contribution in [0.5, 0.6) is 0 Å². The summed E-state index contributed by atoms with van der Waals surface area (Å²) in [5, 5.41) is 12.2. The smallest absolute Gasteiger partial charge is 0.225 e. The van der Waals surface area contributed by atoms with Gasteiger partial charge in [0.25, 0.3) is 0 Å². The van der Waals surface area contributed by atoms with E-state index in [2.05, 4.69) is 16.4 Å². The van der Waals surface area contributed by atoms with Crippen molar-refractivity contribution in [2.24, 2.45) is 17.6 Å². The van der Waals surface area contributed by atoms with Crippen molar-refractivity contribution in [2.45, 2.75) is 38.1 Å². The van der Waals surface area contributed by atoms with E-state index >= 15 is 0 Å². The molecule has 0 bridgehead atoms. The highest BCUT2D eigenvalue weighted by atomic mass is 16.2. The summed E-state index contributed by atoms with van der Waals surface area (Å²) in [6, 6.07) is 5.57. The number of nitrogens with two attached hydrogens (primary N) is 1. The monoisotopic (exact) mass is 300 g/mol. The van der Waals surface area contributed by atoms with Gasteiger partial charge in [-0.25, -0.2) is 0 Å². The Labute approximate surface area is 129 Å². The molecule has 116 valence electrons. The molecule has 0 spiro atoms. The Hall–Kier alpha value is -2.42. The molecule has 0 aliphatic heterocycles. The molecule has 1 aliphatic rings. The molecule has 3 N–H and O–H groups in total. The van der Waals surface area contributed by atoms with Crippen molar-refractivity contribution in [1.82, 2.24) is 10.3 Å². The van der Waals surface area contributed by atoms with Gasteiger partial charge in [-0.2, -0.15) is 5.26 Å². The molecule has 0 aromatic carbocycles. The normalized spacial score (nSPS) is 23.8. The molecular weight excluding hydrogens is 280 g/mol. The molecule has 1 aromatic rings. The number of hydrogen-bond acceptors (Lipinski definition) is 4. The van der Waals surface area contributed by atoms with Gasteiger partial charge in [0.2, 0.25) is 11.8 Å². The minimum absolute atomic E-state index is 0.295. The Morgan fingerprint density at radius 3 is 2.64 bits per heavy atom. The molecule has 22 heavy (non-hydrogen) atoms. The fourth-order valence-corrected chi connectivity index (χ4v) is 2.95. The number of carbonyl (C=O) groups is 2. The average molecular weight is 300 g/mol. The Bertz CT molecular complexity index is 596. The lowest BCUT2D eigenvalue weighted by Gasteiger charge is -2.31. The van der Waals surface area contributed by atoms with Crippen molar-refractivity contribution in [3.05, 3.63) is 30.1 Å². The molecule has 2 rings (SSSR count). The molecule has 1 aliphatic carbocycles. The van der Waals surface area contributed by atoms with Crippen molar-refractivity contribution in [1.29, 1.82) is 5.26 Å². The van der Waals surface area contributed by atoms with Crippen molar-refractivity contribution in [3.8, 4) is 6.07 Å². The van der Waals surface area contributed by atoms with Crippen molar-refractivity contribution < 1.29 is 9.59 Å². The van der Waals surface area contributed by atoms with Crippen LogP contribution in [-0.2, 0) is 15.1 Å². The van der Waals surface area contributed by atoms with Gasteiger partial charge in [0.05, 0.1) is 6.07 Å². The Kier molecular flexibility index (Phi) is 4.76. The molecule has 0 saturated heterocycles. The summed E-state index contributed by atoms with van der Waals surface area (Å²) in [6.45, 7) is 1.63. The maximum Gasteiger partial charge on any atom is 0.225 e. The van der Waals surface area contributed by atoms with E-state index in [0.29, 0.717) is 18.4 Å². The summed E-state index contributed by atoms with van der Waals surface area (Å²) < 4.78 is 0. The van der Waals surface area contributed by atoms with Gasteiger partial charge in [0, 0.05) is 29.8 Å². The maximum atomic E-state index is 12.6. The van der Waals surface area contributed by atoms with E-state index in [1.165, 1.54) is 0 Å². The molecule has 6 nitrogen and oxygen atoms in total. The van der Waals surface area contributed by atoms with E-state index in [-0.39, 0.29) is 5.91 Å². The summed E-state index contributed by atoms with van der Waals surface area (Å²) >= 11 is 0. The molecule has 1 saturated carbocycles. The SMILES string of the molecule is CC(C#N)(NC(=O)[C@@H]1CCCC[C@@H]1C(N)=O)c1cccnc1. The van der Waals surface area contributed by atoms with Crippen molar-refractivity contribution in [3.63, 3.8) is 0 Å². The van der Waals surface area contributed by atoms with Gasteiger partial charge in [-0.15, -0.1) is 0 Å². The number of pyridine rings is 1. The van der Waals surface area contributed by atoms with Gasteiger partial charge in [-0.05, 0) is 25.8 Å². The zero-order valence-electron chi connectivity index (χ0n) is 12.6. The first-order valence-electron chi connectivity index (χ1n) is 7.41. The summed E-state index contributed by atoms with van der Waals surface area (Å²) in [7, 11) is 0. The Morgan fingerprint density at radius 2 is 2.09 bits per heavy atom. The fourth-order valence-electron chi connectivity index (χ4n) is 2.95. The van der Waals surface area contributed by atoms with E-state index in [4.69, 9.17) is 5.73 Å². The molecular formula is C16H20N4O2. The van der Waals surface area contributed by atoms with Gasteiger partial charge in [-0.3, -0.25) is 14.6 Å². The molecule has 1 fully saturated rings. The van der Waals surface area contributed by atoms with Crippen LogP contribution in [-0.4, -0.2) is 16.8 Å². The number of nitrogens with zero attached hydrogens (tertiary/aromatic N) is 2. The van der Waals surface area contributed by atoms with Crippen LogP contribution in [0.1, 0.15) is 38.2 Å². The molecule has 3 atom stereocenters. The molecule has 1 aromatic heterocycles. The first-order valence-corrected chi connectivity index (χ1v) is 7.41. The molecule has 1 unspecified atom stereocenters. The highest BCUT2D eigenvalue weighted by Gasteiger charge is 2.38. The van der Waals surface area contributed by atoms with Crippen LogP contribution in [0, 0.1) is 23.2 Å². The van der Waals surface area contributed by atoms with Crippen LogP contribution in [0.15, 0.2) is 24.5 Å². The predicted molar refractivity (Wildman–Crippen MR) is 80.0 cm³/mol. The zero-order chi connectivity index (χ0) is 16.2. The highest BCUT2D eigenvalue weighted by molar-refractivity contribution is 5.87. The maximum absolute atomic E-state index is 12.6. The number of carbonyl (C=O) groups excluding carboxylic acids is 2. The third-order valence-corrected chi connectivity index (χ3v) is 4.30. The summed E-state index contributed by atoms with van der Waals surface area (Å²) in [5.74, 6) is -1.66. The van der Waals surface area contributed by atoms with Gasteiger partial charge in [0.1, 0.15) is 0 Å². The molecule has 2 amide bonds. The minimum atomic E-state index is -1.18. The Balaban J connectivity index is 2.19. The van der Waals surface area contributed by atoms with Crippen molar-refractivity contribution >= 4 is 11.8 Å². The minimum Gasteiger partial charge on any atom is -0.369 e. The van der Waals surface area contributed by atoms with Crippen LogP contribution in [0.4, 0.5) is 0 Å². The number of primary amides is 1. The predicted octanol–water partition coefficient (Wildman–Crippen LogP) is 1.23. The van der Waals surface area contributed by atoms with E-state index in [0.717, 1.165) is 12.8 Å². The lowest BCUT2D eigenvalue weighted by Crippen LogP contribution is -2.49. The van der Waals surface area contributed by atoms with Crippen LogP contribution >= 0.6 is 0 Å². The average Bonchev–Trinajstić information content (AvgIpc) is 2.55. The van der Waals surface area contributed by atoms with Gasteiger partial charge in [0.15, 0.2) is 5.54 Å². The van der Waals surface area contributed by atoms with Crippen molar-refractivity contribution in [2.75, 3.05) is 0 Å². The second-order valence-electron chi connectivity index (χ2n) is 5.87. The van der Waals surface area contributed by atoms with Crippen LogP contribution in [0.2, 0.25) is 0 Å². The topological polar surface area (TPSA) is 109 Å². The lowest BCUT2D eigenvalue weighted by molar-refractivity contribution is -0.135. The van der Waals surface area contributed by atoms with Gasteiger partial charge in [-0.1, -0.05) is 18.9 Å². The second-order valence-corrected chi connectivity index (χ2v) is 5.87. The first-order chi connectivity index (χ1) is 10.5. The first kappa shape index (κ1) is 16.0. The number of nitrogens with one attached hydrogen (secondary N) is 1. The van der Waals surface area contributed by atoms with E-state index in [9.17, 15) is 14.9 Å². The Morgan fingerprint density at radius 1 is 1.41 bits per heavy atom. The van der Waals surface area contributed by atoms with E-state index in [1.54, 1.807) is 31.5 Å². The van der Waals surface area contributed by atoms with Crippen LogP contribution in [0.3, 0.4) is 0 Å². The van der Waals surface area contributed by atoms with E-state index < -0.39 is 23.3 Å². The number of nitriles is 1. The van der Waals surface area contributed by atoms with E-state index in [1.807, 2.05) is 0 Å². The number of amides is 2. The summed E-state index contributed by atoms with van der Waals surface area (Å²) in [6.07, 6.45) is 6.19. The third kappa shape index (κ3) is 3.25. The molecule has 6 heteroatoms. The summed E-state index contributed by atoms with van der Waals surface area (Å²) in [4.78, 5) is 28.1. The largest absolute Gasteiger partial charge is 0.369 e. The zero-order valence-corrected chi connectivity index (χ0v) is 12.6. The second kappa shape index (κ2) is 6.56.